The Kier molecular flexibility index (Phi) is 6.09. The molecule has 1 N–H and O–H groups in total. The molecule has 0 radical (unpaired) electrons. The molecule has 2 heterocycles. The van der Waals surface area contributed by atoms with Gasteiger partial charge in [0.25, 0.3) is 0 Å². The maximum absolute atomic E-state index is 11.6. The average Bonchev–Trinajstić information content (AvgIpc) is 3.09. The molecule has 0 aliphatic carbocycles. The second kappa shape index (κ2) is 8.49. The first-order valence-electron chi connectivity index (χ1n) is 9.48. The van der Waals surface area contributed by atoms with Crippen molar-refractivity contribution in [2.75, 3.05) is 20.2 Å². The quantitative estimate of drug-likeness (QED) is 0.801. The van der Waals surface area contributed by atoms with Gasteiger partial charge in [-0.3, -0.25) is 10.00 Å². The van der Waals surface area contributed by atoms with Crippen molar-refractivity contribution in [1.29, 1.82) is 0 Å². The van der Waals surface area contributed by atoms with Gasteiger partial charge in [0.15, 0.2) is 0 Å². The van der Waals surface area contributed by atoms with E-state index >= 15 is 0 Å². The molecule has 1 aromatic heterocycles. The Labute approximate surface area is 155 Å². The van der Waals surface area contributed by atoms with E-state index in [-0.39, 0.29) is 5.97 Å². The Morgan fingerprint density at radius 3 is 2.81 bits per heavy atom. The maximum Gasteiger partial charge on any atom is 0.337 e. The molecule has 1 atom stereocenters. The largest absolute Gasteiger partial charge is 0.465 e. The monoisotopic (exact) mass is 355 g/mol. The van der Waals surface area contributed by atoms with Crippen LogP contribution in [0, 0.1) is 5.92 Å². The lowest BCUT2D eigenvalue weighted by Crippen LogP contribution is -2.34. The lowest BCUT2D eigenvalue weighted by Gasteiger charge is -2.32. The second-order valence-electron chi connectivity index (χ2n) is 7.67. The Morgan fingerprint density at radius 2 is 2.12 bits per heavy atom. The molecular weight excluding hydrogens is 326 g/mol. The van der Waals surface area contributed by atoms with Gasteiger partial charge < -0.3 is 4.74 Å². The highest BCUT2D eigenvalue weighted by molar-refractivity contribution is 5.89. The summed E-state index contributed by atoms with van der Waals surface area (Å²) in [6.07, 6.45) is 5.49. The molecule has 0 amide bonds. The SMILES string of the molecule is COC(=O)c1ccc(CN2CCCC(c3[nH]ncc3CC(C)C)C2)cc1. The standard InChI is InChI=1S/C21H29N3O2/c1-15(2)11-19-12-22-23-20(19)18-5-4-10-24(14-18)13-16-6-8-17(9-7-16)21(25)26-3/h6-9,12,15,18H,4-5,10-11,13-14H2,1-3H3,(H,22,23). The van der Waals surface area contributed by atoms with Crippen molar-refractivity contribution >= 4 is 5.97 Å². The van der Waals surface area contributed by atoms with Crippen LogP contribution >= 0.6 is 0 Å². The van der Waals surface area contributed by atoms with Crippen LogP contribution in [-0.4, -0.2) is 41.3 Å². The number of nitrogens with zero attached hydrogens (tertiary/aromatic N) is 2. The van der Waals surface area contributed by atoms with E-state index in [4.69, 9.17) is 4.74 Å². The summed E-state index contributed by atoms with van der Waals surface area (Å²) in [4.78, 5) is 14.1. The number of carbonyl (C=O) groups excluding carboxylic acids is 1. The maximum atomic E-state index is 11.6. The highest BCUT2D eigenvalue weighted by Crippen LogP contribution is 2.29. The molecule has 140 valence electrons. The zero-order valence-electron chi connectivity index (χ0n) is 16.0. The fourth-order valence-corrected chi connectivity index (χ4v) is 3.83. The van der Waals surface area contributed by atoms with Gasteiger partial charge in [0.05, 0.1) is 18.9 Å². The number of benzene rings is 1. The van der Waals surface area contributed by atoms with Crippen LogP contribution in [0.3, 0.4) is 0 Å². The third kappa shape index (κ3) is 4.52. The van der Waals surface area contributed by atoms with E-state index in [2.05, 4.69) is 28.9 Å². The molecule has 5 heteroatoms. The zero-order chi connectivity index (χ0) is 18.5. The molecule has 1 unspecified atom stereocenters. The van der Waals surface area contributed by atoms with Gasteiger partial charge in [0, 0.05) is 24.7 Å². The Balaban J connectivity index is 1.64. The van der Waals surface area contributed by atoms with E-state index < -0.39 is 0 Å². The van der Waals surface area contributed by atoms with E-state index in [1.807, 2.05) is 30.5 Å². The van der Waals surface area contributed by atoms with Gasteiger partial charge in [-0.25, -0.2) is 4.79 Å². The van der Waals surface area contributed by atoms with Gasteiger partial charge in [0.2, 0.25) is 0 Å². The smallest absolute Gasteiger partial charge is 0.337 e. The number of likely N-dealkylation sites (tertiary alicyclic amines) is 1. The van der Waals surface area contributed by atoms with Crippen molar-refractivity contribution in [2.45, 2.75) is 45.6 Å². The average molecular weight is 355 g/mol. The summed E-state index contributed by atoms with van der Waals surface area (Å²) in [5.41, 5.74) is 4.52. The van der Waals surface area contributed by atoms with Gasteiger partial charge >= 0.3 is 5.97 Å². The number of carbonyl (C=O) groups is 1. The van der Waals surface area contributed by atoms with Gasteiger partial charge in [-0.1, -0.05) is 26.0 Å². The molecule has 0 saturated carbocycles. The summed E-state index contributed by atoms with van der Waals surface area (Å²) in [6.45, 7) is 7.57. The molecule has 0 bridgehead atoms. The number of hydrogen-bond donors (Lipinski definition) is 1. The molecule has 1 saturated heterocycles. The number of aromatic amines is 1. The minimum Gasteiger partial charge on any atom is -0.465 e. The first-order valence-corrected chi connectivity index (χ1v) is 9.48. The van der Waals surface area contributed by atoms with Gasteiger partial charge in [-0.2, -0.15) is 5.10 Å². The van der Waals surface area contributed by atoms with Crippen LogP contribution in [-0.2, 0) is 17.7 Å². The molecule has 1 fully saturated rings. The lowest BCUT2D eigenvalue weighted by atomic mass is 9.90. The van der Waals surface area contributed by atoms with Crippen molar-refractivity contribution in [3.63, 3.8) is 0 Å². The highest BCUT2D eigenvalue weighted by atomic mass is 16.5. The van der Waals surface area contributed by atoms with Crippen LogP contribution in [0.1, 0.15) is 59.8 Å². The fourth-order valence-electron chi connectivity index (χ4n) is 3.83. The molecular formula is C21H29N3O2. The Morgan fingerprint density at radius 1 is 1.35 bits per heavy atom. The number of piperidine rings is 1. The molecule has 3 rings (SSSR count). The normalized spacial score (nSPS) is 18.2. The predicted molar refractivity (Wildman–Crippen MR) is 102 cm³/mol. The molecule has 1 aliphatic heterocycles. The van der Waals surface area contributed by atoms with Crippen molar-refractivity contribution in [1.82, 2.24) is 15.1 Å². The van der Waals surface area contributed by atoms with Gasteiger partial charge in [-0.15, -0.1) is 0 Å². The third-order valence-electron chi connectivity index (χ3n) is 5.07. The number of methoxy groups -OCH3 is 1. The molecule has 1 aliphatic rings. The van der Waals surface area contributed by atoms with Crippen LogP contribution in [0.25, 0.3) is 0 Å². The Hall–Kier alpha value is -2.14. The summed E-state index contributed by atoms with van der Waals surface area (Å²) in [7, 11) is 1.41. The number of rotatable bonds is 6. The van der Waals surface area contributed by atoms with E-state index in [0.717, 1.165) is 26.1 Å². The summed E-state index contributed by atoms with van der Waals surface area (Å²) >= 11 is 0. The molecule has 1 aromatic carbocycles. The highest BCUT2D eigenvalue weighted by Gasteiger charge is 2.25. The van der Waals surface area contributed by atoms with Gasteiger partial charge in [-0.05, 0) is 55.0 Å². The van der Waals surface area contributed by atoms with Crippen LogP contribution < -0.4 is 0 Å². The van der Waals surface area contributed by atoms with E-state index in [1.165, 1.54) is 36.8 Å². The summed E-state index contributed by atoms with van der Waals surface area (Å²) in [6, 6.07) is 7.74. The van der Waals surface area contributed by atoms with Crippen molar-refractivity contribution < 1.29 is 9.53 Å². The van der Waals surface area contributed by atoms with Crippen LogP contribution in [0.2, 0.25) is 0 Å². The third-order valence-corrected chi connectivity index (χ3v) is 5.07. The number of H-pyrrole nitrogens is 1. The van der Waals surface area contributed by atoms with Crippen LogP contribution in [0.4, 0.5) is 0 Å². The van der Waals surface area contributed by atoms with Crippen molar-refractivity contribution in [3.8, 4) is 0 Å². The number of esters is 1. The molecule has 5 nitrogen and oxygen atoms in total. The molecule has 2 aromatic rings. The minimum atomic E-state index is -0.286. The van der Waals surface area contributed by atoms with Crippen molar-refractivity contribution in [3.05, 3.63) is 52.8 Å². The summed E-state index contributed by atoms with van der Waals surface area (Å²) < 4.78 is 4.76. The number of ether oxygens (including phenoxy) is 1. The first kappa shape index (κ1) is 18.6. The number of nitrogens with one attached hydrogen (secondary N) is 1. The van der Waals surface area contributed by atoms with E-state index in [1.54, 1.807) is 0 Å². The van der Waals surface area contributed by atoms with Crippen LogP contribution in [0.5, 0.6) is 0 Å². The summed E-state index contributed by atoms with van der Waals surface area (Å²) in [5.74, 6) is 0.875. The van der Waals surface area contributed by atoms with Gasteiger partial charge in [0.1, 0.15) is 0 Å². The minimum absolute atomic E-state index is 0.286. The van der Waals surface area contributed by atoms with E-state index in [0.29, 0.717) is 17.4 Å². The van der Waals surface area contributed by atoms with E-state index in [9.17, 15) is 4.79 Å². The van der Waals surface area contributed by atoms with Crippen molar-refractivity contribution in [2.24, 2.45) is 5.92 Å². The fraction of sp³-hybridized carbons (Fsp3) is 0.524. The number of aromatic nitrogens is 2. The summed E-state index contributed by atoms with van der Waals surface area (Å²) in [5, 5.41) is 7.57. The molecule has 26 heavy (non-hydrogen) atoms. The molecule has 0 spiro atoms. The van der Waals surface area contributed by atoms with Crippen LogP contribution in [0.15, 0.2) is 30.5 Å². The second-order valence-corrected chi connectivity index (χ2v) is 7.67. The number of hydrogen-bond acceptors (Lipinski definition) is 4. The Bertz CT molecular complexity index is 721. The first-order chi connectivity index (χ1) is 12.6. The zero-order valence-corrected chi connectivity index (χ0v) is 16.0. The predicted octanol–water partition coefficient (Wildman–Crippen LogP) is 3.77. The lowest BCUT2D eigenvalue weighted by molar-refractivity contribution is 0.0600. The topological polar surface area (TPSA) is 58.2 Å².